The van der Waals surface area contributed by atoms with Crippen LogP contribution in [0.4, 0.5) is 0 Å². The van der Waals surface area contributed by atoms with Crippen molar-refractivity contribution in [2.24, 2.45) is 0 Å². The summed E-state index contributed by atoms with van der Waals surface area (Å²) < 4.78 is 15.8. The van der Waals surface area contributed by atoms with Crippen molar-refractivity contribution in [2.45, 2.75) is 6.61 Å². The summed E-state index contributed by atoms with van der Waals surface area (Å²) in [5.41, 5.74) is 1.05. The zero-order valence-electron chi connectivity index (χ0n) is 12.6. The summed E-state index contributed by atoms with van der Waals surface area (Å²) in [5, 5.41) is 5.74. The third-order valence-electron chi connectivity index (χ3n) is 3.68. The minimum Gasteiger partial charge on any atom is -0.461 e. The molecule has 2 aromatic heterocycles. The van der Waals surface area contributed by atoms with Crippen LogP contribution in [0.1, 0.15) is 16.1 Å². The van der Waals surface area contributed by atoms with Gasteiger partial charge >= 0.3 is 5.97 Å². The molecule has 0 N–H and O–H groups in total. The van der Waals surface area contributed by atoms with Crippen LogP contribution in [0.5, 0.6) is 0 Å². The van der Waals surface area contributed by atoms with Crippen molar-refractivity contribution in [3.8, 4) is 11.5 Å². The minimum absolute atomic E-state index is 0.0340. The Morgan fingerprint density at radius 1 is 1.00 bits per heavy atom. The lowest BCUT2D eigenvalue weighted by Crippen LogP contribution is -2.06. The Bertz CT molecular complexity index is 980. The molecule has 0 amide bonds. The summed E-state index contributed by atoms with van der Waals surface area (Å²) in [7, 11) is 0. The van der Waals surface area contributed by atoms with Crippen LogP contribution in [0, 0.1) is 0 Å². The Kier molecular flexibility index (Phi) is 3.59. The van der Waals surface area contributed by atoms with Crippen LogP contribution in [0.2, 0.25) is 0 Å². The molecule has 118 valence electrons. The first kappa shape index (κ1) is 14.3. The van der Waals surface area contributed by atoms with E-state index in [9.17, 15) is 4.79 Å². The summed E-state index contributed by atoms with van der Waals surface area (Å²) in [6, 6.07) is 18.5. The van der Waals surface area contributed by atoms with Gasteiger partial charge in [-0.3, -0.25) is 0 Å². The number of hydrogen-bond acceptors (Lipinski definition) is 5. The number of furan rings is 1. The number of fused-ring (bicyclic) bond motifs is 1. The molecule has 0 aliphatic rings. The molecule has 0 unspecified atom stereocenters. The molecule has 0 saturated heterocycles. The third-order valence-corrected chi connectivity index (χ3v) is 3.68. The van der Waals surface area contributed by atoms with Crippen molar-refractivity contribution in [2.75, 3.05) is 0 Å². The number of esters is 1. The molecule has 0 radical (unpaired) electrons. The first-order valence-electron chi connectivity index (χ1n) is 7.45. The van der Waals surface area contributed by atoms with E-state index in [1.165, 1.54) is 0 Å². The van der Waals surface area contributed by atoms with E-state index < -0.39 is 5.97 Å². The molecule has 4 aromatic rings. The van der Waals surface area contributed by atoms with Crippen LogP contribution in [0.25, 0.3) is 22.3 Å². The monoisotopic (exact) mass is 319 g/mol. The molecule has 0 fully saturated rings. The Morgan fingerprint density at radius 3 is 2.75 bits per heavy atom. The predicted octanol–water partition coefficient (Wildman–Crippen LogP) is 4.44. The van der Waals surface area contributed by atoms with Gasteiger partial charge in [-0.15, -0.1) is 0 Å². The lowest BCUT2D eigenvalue weighted by molar-refractivity contribution is 0.0466. The SMILES string of the molecule is O=C(OCc1cc(-c2ccco2)on1)c1cccc2ccccc12. The highest BCUT2D eigenvalue weighted by molar-refractivity contribution is 6.04. The number of nitrogens with zero attached hydrogens (tertiary/aromatic N) is 1. The molecule has 5 nitrogen and oxygen atoms in total. The van der Waals surface area contributed by atoms with Crippen molar-refractivity contribution in [3.05, 3.63) is 78.2 Å². The number of carbonyl (C=O) groups excluding carboxylic acids is 1. The van der Waals surface area contributed by atoms with E-state index in [0.717, 1.165) is 10.8 Å². The predicted molar refractivity (Wildman–Crippen MR) is 87.3 cm³/mol. The van der Waals surface area contributed by atoms with Crippen LogP contribution in [0.15, 0.2) is 75.9 Å². The maximum absolute atomic E-state index is 12.4. The fourth-order valence-electron chi connectivity index (χ4n) is 2.54. The average molecular weight is 319 g/mol. The number of aromatic nitrogens is 1. The van der Waals surface area contributed by atoms with Crippen LogP contribution < -0.4 is 0 Å². The highest BCUT2D eigenvalue weighted by Gasteiger charge is 2.14. The fourth-order valence-corrected chi connectivity index (χ4v) is 2.54. The fraction of sp³-hybridized carbons (Fsp3) is 0.0526. The van der Waals surface area contributed by atoms with E-state index in [1.54, 1.807) is 30.5 Å². The highest BCUT2D eigenvalue weighted by atomic mass is 16.5. The van der Waals surface area contributed by atoms with Gasteiger partial charge in [0.1, 0.15) is 12.3 Å². The van der Waals surface area contributed by atoms with E-state index in [1.807, 2.05) is 36.4 Å². The molecule has 0 spiro atoms. The lowest BCUT2D eigenvalue weighted by Gasteiger charge is -2.06. The molecule has 0 aliphatic carbocycles. The molecule has 0 atom stereocenters. The molecule has 5 heteroatoms. The maximum Gasteiger partial charge on any atom is 0.339 e. The van der Waals surface area contributed by atoms with Crippen LogP contribution in [-0.2, 0) is 11.3 Å². The van der Waals surface area contributed by atoms with Crippen LogP contribution in [0.3, 0.4) is 0 Å². The Morgan fingerprint density at radius 2 is 1.88 bits per heavy atom. The Balaban J connectivity index is 1.50. The normalized spacial score (nSPS) is 10.8. The second-order valence-corrected chi connectivity index (χ2v) is 5.26. The van der Waals surface area contributed by atoms with Crippen LogP contribution >= 0.6 is 0 Å². The van der Waals surface area contributed by atoms with E-state index in [4.69, 9.17) is 13.7 Å². The minimum atomic E-state index is -0.394. The largest absolute Gasteiger partial charge is 0.461 e. The average Bonchev–Trinajstić information content (AvgIpc) is 3.30. The van der Waals surface area contributed by atoms with Gasteiger partial charge in [-0.2, -0.15) is 0 Å². The molecule has 0 saturated carbocycles. The van der Waals surface area contributed by atoms with E-state index in [0.29, 0.717) is 22.8 Å². The van der Waals surface area contributed by atoms with Crippen molar-refractivity contribution < 1.29 is 18.5 Å². The topological polar surface area (TPSA) is 65.5 Å². The first-order chi connectivity index (χ1) is 11.8. The van der Waals surface area contributed by atoms with Crippen molar-refractivity contribution in [1.82, 2.24) is 5.16 Å². The quantitative estimate of drug-likeness (QED) is 0.520. The van der Waals surface area contributed by atoms with E-state index in [2.05, 4.69) is 5.16 Å². The third kappa shape index (κ3) is 2.67. The Hall–Kier alpha value is -3.34. The molecule has 0 aliphatic heterocycles. The summed E-state index contributed by atoms with van der Waals surface area (Å²) in [6.07, 6.45) is 1.55. The van der Waals surface area contributed by atoms with Gasteiger partial charge in [-0.25, -0.2) is 4.79 Å². The molecular weight excluding hydrogens is 306 g/mol. The number of ether oxygens (including phenoxy) is 1. The molecule has 0 bridgehead atoms. The molecule has 24 heavy (non-hydrogen) atoms. The zero-order valence-corrected chi connectivity index (χ0v) is 12.6. The number of carbonyl (C=O) groups is 1. The van der Waals surface area contributed by atoms with Gasteiger partial charge < -0.3 is 13.7 Å². The van der Waals surface area contributed by atoms with E-state index >= 15 is 0 Å². The molecular formula is C19H13NO4. The van der Waals surface area contributed by atoms with Crippen molar-refractivity contribution in [3.63, 3.8) is 0 Å². The maximum atomic E-state index is 12.4. The highest BCUT2D eigenvalue weighted by Crippen LogP contribution is 2.22. The molecule has 2 heterocycles. The molecule has 2 aromatic carbocycles. The summed E-state index contributed by atoms with van der Waals surface area (Å²) >= 11 is 0. The van der Waals surface area contributed by atoms with Crippen LogP contribution in [-0.4, -0.2) is 11.1 Å². The van der Waals surface area contributed by atoms with Gasteiger partial charge in [0.2, 0.25) is 5.76 Å². The second-order valence-electron chi connectivity index (χ2n) is 5.26. The zero-order chi connectivity index (χ0) is 16.4. The standard InChI is InChI=1S/C19H13NO4/c21-19(16-8-3-6-13-5-1-2-7-15(13)16)23-12-14-11-18(24-20-14)17-9-4-10-22-17/h1-11H,12H2. The second kappa shape index (κ2) is 6.04. The summed E-state index contributed by atoms with van der Waals surface area (Å²) in [6.45, 7) is 0.0340. The summed E-state index contributed by atoms with van der Waals surface area (Å²) in [5.74, 6) is 0.680. The lowest BCUT2D eigenvalue weighted by atomic mass is 10.1. The number of benzene rings is 2. The van der Waals surface area contributed by atoms with Gasteiger partial charge in [-0.05, 0) is 29.0 Å². The number of rotatable bonds is 4. The Labute approximate surface area is 137 Å². The summed E-state index contributed by atoms with van der Waals surface area (Å²) in [4.78, 5) is 12.4. The number of hydrogen-bond donors (Lipinski definition) is 0. The van der Waals surface area contributed by atoms with Crippen molar-refractivity contribution >= 4 is 16.7 Å². The van der Waals surface area contributed by atoms with Gasteiger partial charge in [0.15, 0.2) is 5.76 Å². The van der Waals surface area contributed by atoms with Gasteiger partial charge in [-0.1, -0.05) is 41.6 Å². The first-order valence-corrected chi connectivity index (χ1v) is 7.45. The van der Waals surface area contributed by atoms with Gasteiger partial charge in [0.25, 0.3) is 0 Å². The van der Waals surface area contributed by atoms with Gasteiger partial charge in [0, 0.05) is 6.07 Å². The smallest absolute Gasteiger partial charge is 0.339 e. The molecule has 4 rings (SSSR count). The van der Waals surface area contributed by atoms with Gasteiger partial charge in [0.05, 0.1) is 11.8 Å². The van der Waals surface area contributed by atoms with E-state index in [-0.39, 0.29) is 6.61 Å². The van der Waals surface area contributed by atoms with Crippen molar-refractivity contribution in [1.29, 1.82) is 0 Å².